The van der Waals surface area contributed by atoms with Gasteiger partial charge < -0.3 is 4.55 Å². The van der Waals surface area contributed by atoms with E-state index in [1.807, 2.05) is 0 Å². The highest BCUT2D eigenvalue weighted by Gasteiger charge is 2.06. The van der Waals surface area contributed by atoms with Crippen molar-refractivity contribution in [1.29, 1.82) is 0 Å². The number of nitro benzene ring substituents is 1. The van der Waals surface area contributed by atoms with Crippen LogP contribution in [0.3, 0.4) is 0 Å². The van der Waals surface area contributed by atoms with E-state index in [0.717, 1.165) is 0 Å². The van der Waals surface area contributed by atoms with Crippen molar-refractivity contribution >= 4 is 53.5 Å². The maximum absolute atomic E-state index is 10.5. The Bertz CT molecular complexity index is 335. The zero-order chi connectivity index (χ0) is 12.7. The molecule has 1 aromatic rings. The van der Waals surface area contributed by atoms with Crippen LogP contribution in [-0.4, -0.2) is 14.7 Å². The largest absolute Gasteiger partial charge is 0.582 e. The number of hydrogen-bond donors (Lipinski definition) is 0. The van der Waals surface area contributed by atoms with Gasteiger partial charge >= 0.3 is 0 Å². The van der Waals surface area contributed by atoms with Crippen LogP contribution in [0.2, 0.25) is 0 Å². The molecule has 0 spiro atoms. The molecule has 0 saturated heterocycles. The molecule has 0 aliphatic carbocycles. The lowest BCUT2D eigenvalue weighted by Crippen LogP contribution is -1.90. The SMILES string of the molecule is O=C(Cl)c1ccc([N+](=O)[O-])cc1.[O-][S+](Cl)Cl. The molecule has 0 amide bonds. The number of nitrogens with zero attached hydrogens (tertiary/aromatic N) is 1. The van der Waals surface area contributed by atoms with Crippen molar-refractivity contribution in [3.05, 3.63) is 39.9 Å². The second-order valence-electron chi connectivity index (χ2n) is 2.26. The van der Waals surface area contributed by atoms with Crippen LogP contribution >= 0.6 is 33.0 Å². The number of rotatable bonds is 2. The summed E-state index contributed by atoms with van der Waals surface area (Å²) in [7, 11) is 7.36. The molecule has 0 bridgehead atoms. The minimum atomic E-state index is -1.67. The molecule has 0 unspecified atom stereocenters. The van der Waals surface area contributed by atoms with Crippen LogP contribution in [0.25, 0.3) is 0 Å². The second-order valence-corrected chi connectivity index (χ2v) is 5.13. The van der Waals surface area contributed by atoms with Gasteiger partial charge in [-0.1, -0.05) is 0 Å². The van der Waals surface area contributed by atoms with Gasteiger partial charge in [-0.15, -0.1) is 0 Å². The summed E-state index contributed by atoms with van der Waals surface area (Å²) in [6.07, 6.45) is 0. The highest BCUT2D eigenvalue weighted by atomic mass is 36.0. The van der Waals surface area contributed by atoms with Crippen LogP contribution in [-0.2, 0) is 9.60 Å². The second kappa shape index (κ2) is 7.70. The molecule has 0 aliphatic heterocycles. The van der Waals surface area contributed by atoms with Gasteiger partial charge in [0.25, 0.3) is 10.9 Å². The monoisotopic (exact) mass is 303 g/mol. The lowest BCUT2D eigenvalue weighted by Gasteiger charge is -1.92. The summed E-state index contributed by atoms with van der Waals surface area (Å²) in [5, 5.41) is 9.55. The fourth-order valence-electron chi connectivity index (χ4n) is 0.714. The van der Waals surface area contributed by atoms with Crippen molar-refractivity contribution in [2.45, 2.75) is 0 Å². The van der Waals surface area contributed by atoms with E-state index in [-0.39, 0.29) is 11.3 Å². The van der Waals surface area contributed by atoms with E-state index >= 15 is 0 Å². The van der Waals surface area contributed by atoms with Crippen molar-refractivity contribution in [3.63, 3.8) is 0 Å². The number of carbonyl (C=O) groups is 1. The number of nitro groups is 1. The van der Waals surface area contributed by atoms with E-state index in [0.29, 0.717) is 0 Å². The van der Waals surface area contributed by atoms with Gasteiger partial charge in [0.1, 0.15) is 0 Å². The summed E-state index contributed by atoms with van der Waals surface area (Å²) < 4.78 is 9.09. The van der Waals surface area contributed by atoms with E-state index in [9.17, 15) is 14.9 Å². The highest BCUT2D eigenvalue weighted by Crippen LogP contribution is 2.12. The summed E-state index contributed by atoms with van der Waals surface area (Å²) in [6.45, 7) is 0. The molecule has 0 saturated carbocycles. The molecule has 0 N–H and O–H groups in total. The van der Waals surface area contributed by atoms with Crippen LogP contribution in [0, 0.1) is 10.1 Å². The summed E-state index contributed by atoms with van der Waals surface area (Å²) in [5.41, 5.74) is 0.193. The first-order valence-corrected chi connectivity index (χ1v) is 6.71. The van der Waals surface area contributed by atoms with Crippen molar-refractivity contribution in [1.82, 2.24) is 0 Å². The molecule has 0 radical (unpaired) electrons. The average Bonchev–Trinajstić information content (AvgIpc) is 2.17. The van der Waals surface area contributed by atoms with E-state index in [2.05, 4.69) is 21.4 Å². The van der Waals surface area contributed by atoms with Crippen molar-refractivity contribution < 1.29 is 14.3 Å². The molecule has 1 rings (SSSR count). The Kier molecular flexibility index (Phi) is 7.44. The highest BCUT2D eigenvalue weighted by molar-refractivity contribution is 8.31. The third kappa shape index (κ3) is 6.86. The summed E-state index contributed by atoms with van der Waals surface area (Å²) in [4.78, 5) is 20.2. The van der Waals surface area contributed by atoms with E-state index < -0.39 is 19.8 Å². The predicted molar refractivity (Wildman–Crippen MR) is 63.1 cm³/mol. The van der Waals surface area contributed by atoms with E-state index in [1.165, 1.54) is 24.3 Å². The molecule has 9 heteroatoms. The van der Waals surface area contributed by atoms with Crippen molar-refractivity contribution in [2.75, 3.05) is 0 Å². The van der Waals surface area contributed by atoms with Gasteiger partial charge in [-0.25, -0.2) is 0 Å². The van der Waals surface area contributed by atoms with Crippen LogP contribution in [0.1, 0.15) is 10.4 Å². The molecular formula is C7H4Cl3NO4S. The molecule has 88 valence electrons. The zero-order valence-corrected chi connectivity index (χ0v) is 10.5. The molecule has 1 aromatic carbocycles. The van der Waals surface area contributed by atoms with Crippen molar-refractivity contribution in [2.24, 2.45) is 0 Å². The van der Waals surface area contributed by atoms with Crippen molar-refractivity contribution in [3.8, 4) is 0 Å². The average molecular weight is 305 g/mol. The van der Waals surface area contributed by atoms with Gasteiger partial charge in [0.05, 0.1) is 4.92 Å². The summed E-state index contributed by atoms with van der Waals surface area (Å²) in [6, 6.07) is 5.09. The Morgan fingerprint density at radius 1 is 1.25 bits per heavy atom. The first-order valence-electron chi connectivity index (χ1n) is 3.53. The van der Waals surface area contributed by atoms with Gasteiger partial charge in [0.2, 0.25) is 0 Å². The Hall–Kier alpha value is -0.530. The molecular weight excluding hydrogens is 301 g/mol. The van der Waals surface area contributed by atoms with E-state index in [4.69, 9.17) is 16.2 Å². The smallest absolute Gasteiger partial charge is 0.269 e. The van der Waals surface area contributed by atoms with Gasteiger partial charge in [0.15, 0.2) is 31.0 Å². The topological polar surface area (TPSA) is 83.3 Å². The lowest BCUT2D eigenvalue weighted by atomic mass is 10.2. The van der Waals surface area contributed by atoms with Gasteiger partial charge in [-0.2, -0.15) is 0 Å². The molecule has 0 atom stereocenters. The number of hydrogen-bond acceptors (Lipinski definition) is 4. The third-order valence-corrected chi connectivity index (χ3v) is 1.52. The molecule has 0 fully saturated rings. The van der Waals surface area contributed by atoms with Crippen LogP contribution in [0.4, 0.5) is 5.69 Å². The standard InChI is InChI=1S/C7H4ClNO3.Cl2OS/c8-7(10)5-1-3-6(4-2-5)9(11)12;1-4(2)3/h1-4H;. The van der Waals surface area contributed by atoms with E-state index in [1.54, 1.807) is 0 Å². The minimum Gasteiger partial charge on any atom is -0.582 e. The molecule has 0 aliphatic rings. The first-order chi connectivity index (χ1) is 7.34. The fraction of sp³-hybridized carbons (Fsp3) is 0. The number of carbonyl (C=O) groups excluding carboxylic acids is 1. The van der Waals surface area contributed by atoms with Gasteiger partial charge in [-0.05, 0) is 23.7 Å². The van der Waals surface area contributed by atoms with Crippen LogP contribution in [0.5, 0.6) is 0 Å². The summed E-state index contributed by atoms with van der Waals surface area (Å²) in [5.74, 6) is 0. The maximum atomic E-state index is 10.5. The Labute approximate surface area is 108 Å². The summed E-state index contributed by atoms with van der Waals surface area (Å²) >= 11 is 5.13. The fourth-order valence-corrected chi connectivity index (χ4v) is 0.840. The quantitative estimate of drug-likeness (QED) is 0.364. The lowest BCUT2D eigenvalue weighted by molar-refractivity contribution is -0.384. The molecule has 0 heterocycles. The minimum absolute atomic E-state index is 0.0586. The molecule has 5 nitrogen and oxygen atoms in total. The Morgan fingerprint density at radius 2 is 1.62 bits per heavy atom. The number of non-ortho nitro benzene ring substituents is 1. The first kappa shape index (κ1) is 15.5. The normalized spacial score (nSPS) is 9.31. The maximum Gasteiger partial charge on any atom is 0.269 e. The predicted octanol–water partition coefficient (Wildman–Crippen LogP) is 3.02. The van der Waals surface area contributed by atoms with Gasteiger partial charge in [0, 0.05) is 17.7 Å². The zero-order valence-electron chi connectivity index (χ0n) is 7.43. The molecule has 0 aromatic heterocycles. The van der Waals surface area contributed by atoms with Crippen LogP contribution < -0.4 is 0 Å². The van der Waals surface area contributed by atoms with Gasteiger partial charge in [-0.3, -0.25) is 14.9 Å². The third-order valence-electron chi connectivity index (χ3n) is 1.31. The van der Waals surface area contributed by atoms with Crippen LogP contribution in [0.15, 0.2) is 24.3 Å². The number of halogens is 3. The Balaban J connectivity index is 0.000000487. The Morgan fingerprint density at radius 3 is 1.88 bits per heavy atom. The molecule has 16 heavy (non-hydrogen) atoms. The number of benzene rings is 1.